The van der Waals surface area contributed by atoms with E-state index in [1.54, 1.807) is 19.9 Å². The quantitative estimate of drug-likeness (QED) is 0.697. The number of carbonyl (C=O) groups is 1. The Morgan fingerprint density at radius 2 is 1.89 bits per heavy atom. The molecule has 2 aromatic rings. The van der Waals surface area contributed by atoms with E-state index in [9.17, 15) is 9.18 Å². The lowest BCUT2D eigenvalue weighted by Gasteiger charge is -2.34. The molecule has 0 aliphatic carbocycles. The monoisotopic (exact) mass is 404 g/mol. The summed E-state index contributed by atoms with van der Waals surface area (Å²) in [5, 5.41) is 0.287. The van der Waals surface area contributed by atoms with E-state index in [4.69, 9.17) is 16.3 Å². The smallest absolute Gasteiger partial charge is 0.266 e. The molecule has 6 heteroatoms. The third kappa shape index (κ3) is 4.25. The summed E-state index contributed by atoms with van der Waals surface area (Å²) in [5.74, 6) is -0.708. The maximum atomic E-state index is 14.1. The molecule has 1 aliphatic rings. The number of nitrogens with zero attached hydrogens (tertiary/aromatic N) is 2. The minimum Gasteiger partial charge on any atom is -0.475 e. The highest BCUT2D eigenvalue weighted by Crippen LogP contribution is 2.35. The van der Waals surface area contributed by atoms with E-state index in [0.717, 1.165) is 24.1 Å². The average Bonchev–Trinajstić information content (AvgIpc) is 3.13. The topological polar surface area (TPSA) is 32.8 Å². The number of anilines is 1. The first-order valence-electron chi connectivity index (χ1n) is 9.41. The second-order valence-corrected chi connectivity index (χ2v) is 8.27. The van der Waals surface area contributed by atoms with E-state index >= 15 is 0 Å². The Labute approximate surface area is 170 Å². The van der Waals surface area contributed by atoms with Crippen LogP contribution in [0.25, 0.3) is 0 Å². The highest BCUT2D eigenvalue weighted by Gasteiger charge is 2.40. The van der Waals surface area contributed by atoms with Crippen molar-refractivity contribution in [2.24, 2.45) is 0 Å². The molecule has 1 saturated heterocycles. The molecule has 0 N–H and O–H groups in total. The highest BCUT2D eigenvalue weighted by atomic mass is 35.5. The molecule has 2 aromatic carbocycles. The number of halogens is 2. The molecule has 28 heavy (non-hydrogen) atoms. The summed E-state index contributed by atoms with van der Waals surface area (Å²) < 4.78 is 19.9. The second kappa shape index (κ2) is 8.00. The van der Waals surface area contributed by atoms with Crippen LogP contribution in [0.4, 0.5) is 10.1 Å². The fourth-order valence-electron chi connectivity index (χ4n) is 3.57. The number of carbonyl (C=O) groups excluding carboxylic acids is 1. The summed E-state index contributed by atoms with van der Waals surface area (Å²) in [7, 11) is 3.99. The molecular formula is C22H26ClFN2O2. The minimum atomic E-state index is -1.19. The van der Waals surface area contributed by atoms with Crippen LogP contribution in [0, 0.1) is 5.82 Å². The number of benzene rings is 2. The summed E-state index contributed by atoms with van der Waals surface area (Å²) in [6.45, 7) is 4.01. The molecule has 1 unspecified atom stereocenters. The van der Waals surface area contributed by atoms with E-state index in [1.165, 1.54) is 12.1 Å². The molecule has 4 nitrogen and oxygen atoms in total. The Bertz CT molecular complexity index is 852. The third-order valence-electron chi connectivity index (χ3n) is 5.08. The molecule has 1 amide bonds. The zero-order valence-corrected chi connectivity index (χ0v) is 17.5. The minimum absolute atomic E-state index is 0.00153. The number of likely N-dealkylation sites (tertiary alicyclic amines) is 1. The molecule has 1 aliphatic heterocycles. The number of ether oxygens (including phenoxy) is 1. The highest BCUT2D eigenvalue weighted by molar-refractivity contribution is 6.30. The van der Waals surface area contributed by atoms with E-state index in [0.29, 0.717) is 6.54 Å². The Morgan fingerprint density at radius 3 is 2.50 bits per heavy atom. The predicted octanol–water partition coefficient (Wildman–Crippen LogP) is 5.07. The zero-order valence-electron chi connectivity index (χ0n) is 16.7. The standard InChI is InChI=1S/C22H26ClFN2O2/c1-22(2,28-20-12-9-16(23)14-18(20)24)21(27)26-13-5-6-19(26)15-7-10-17(11-8-15)25(3)4/h7-12,14,19H,5-6,13H2,1-4H3. The summed E-state index contributed by atoms with van der Waals surface area (Å²) in [6, 6.07) is 12.4. The van der Waals surface area contributed by atoms with Gasteiger partial charge in [-0.3, -0.25) is 4.79 Å². The van der Waals surface area contributed by atoms with Gasteiger partial charge in [0.2, 0.25) is 0 Å². The van der Waals surface area contributed by atoms with Crippen molar-refractivity contribution in [1.82, 2.24) is 4.90 Å². The lowest BCUT2D eigenvalue weighted by atomic mass is 10.0. The van der Waals surface area contributed by atoms with E-state index in [2.05, 4.69) is 24.3 Å². The first kappa shape index (κ1) is 20.5. The normalized spacial score (nSPS) is 16.9. The molecule has 0 bridgehead atoms. The zero-order chi connectivity index (χ0) is 20.5. The van der Waals surface area contributed by atoms with Crippen molar-refractivity contribution in [2.75, 3.05) is 25.5 Å². The van der Waals surface area contributed by atoms with Crippen LogP contribution in [0.15, 0.2) is 42.5 Å². The molecular weight excluding hydrogens is 379 g/mol. The second-order valence-electron chi connectivity index (χ2n) is 7.83. The molecule has 0 spiro atoms. The first-order valence-corrected chi connectivity index (χ1v) is 9.79. The lowest BCUT2D eigenvalue weighted by molar-refractivity contribution is -0.146. The Morgan fingerprint density at radius 1 is 1.21 bits per heavy atom. The summed E-state index contributed by atoms with van der Waals surface area (Å²) >= 11 is 5.80. The van der Waals surface area contributed by atoms with Crippen LogP contribution in [-0.4, -0.2) is 37.0 Å². The maximum absolute atomic E-state index is 14.1. The molecule has 3 rings (SSSR count). The van der Waals surface area contributed by atoms with Crippen molar-refractivity contribution in [3.63, 3.8) is 0 Å². The van der Waals surface area contributed by atoms with Crippen molar-refractivity contribution in [3.8, 4) is 5.75 Å². The Hall–Kier alpha value is -2.27. The van der Waals surface area contributed by atoms with Crippen molar-refractivity contribution in [1.29, 1.82) is 0 Å². The molecule has 0 radical (unpaired) electrons. The fraction of sp³-hybridized carbons (Fsp3) is 0.409. The van der Waals surface area contributed by atoms with Crippen LogP contribution in [0.2, 0.25) is 5.02 Å². The van der Waals surface area contributed by atoms with Crippen molar-refractivity contribution >= 4 is 23.2 Å². The van der Waals surface area contributed by atoms with Gasteiger partial charge in [-0.15, -0.1) is 0 Å². The van der Waals surface area contributed by atoms with E-state index in [1.807, 2.05) is 23.9 Å². The van der Waals surface area contributed by atoms with E-state index in [-0.39, 0.29) is 22.7 Å². The van der Waals surface area contributed by atoms with Crippen LogP contribution in [-0.2, 0) is 4.79 Å². The van der Waals surface area contributed by atoms with Crippen LogP contribution < -0.4 is 9.64 Å². The van der Waals surface area contributed by atoms with Gasteiger partial charge in [-0.2, -0.15) is 0 Å². The average molecular weight is 405 g/mol. The largest absolute Gasteiger partial charge is 0.475 e. The SMILES string of the molecule is CN(C)c1ccc(C2CCCN2C(=O)C(C)(C)Oc2ccc(Cl)cc2F)cc1. The molecule has 1 heterocycles. The van der Waals surface area contributed by atoms with E-state index < -0.39 is 11.4 Å². The Kier molecular flexibility index (Phi) is 5.84. The summed E-state index contributed by atoms with van der Waals surface area (Å²) in [4.78, 5) is 17.1. The van der Waals surface area contributed by atoms with Crippen LogP contribution in [0.5, 0.6) is 5.75 Å². The van der Waals surface area contributed by atoms with Crippen molar-refractivity contribution in [2.45, 2.75) is 38.3 Å². The van der Waals surface area contributed by atoms with Gasteiger partial charge in [0.15, 0.2) is 17.2 Å². The van der Waals surface area contributed by atoms with Crippen molar-refractivity contribution < 1.29 is 13.9 Å². The van der Waals surface area contributed by atoms with Gasteiger partial charge in [-0.05, 0) is 62.6 Å². The summed E-state index contributed by atoms with van der Waals surface area (Å²) in [6.07, 6.45) is 1.83. The van der Waals surface area contributed by atoms with Gasteiger partial charge in [-0.25, -0.2) is 4.39 Å². The number of hydrogen-bond donors (Lipinski definition) is 0. The van der Waals surface area contributed by atoms with Gasteiger partial charge in [0.1, 0.15) is 0 Å². The molecule has 150 valence electrons. The third-order valence-corrected chi connectivity index (χ3v) is 5.32. The lowest BCUT2D eigenvalue weighted by Crippen LogP contribution is -2.48. The van der Waals surface area contributed by atoms with Crippen molar-refractivity contribution in [3.05, 3.63) is 58.9 Å². The first-order chi connectivity index (χ1) is 13.2. The predicted molar refractivity (Wildman–Crippen MR) is 111 cm³/mol. The maximum Gasteiger partial charge on any atom is 0.266 e. The number of rotatable bonds is 5. The van der Waals surface area contributed by atoms with Gasteiger partial charge in [0, 0.05) is 31.4 Å². The number of amides is 1. The van der Waals surface area contributed by atoms with Gasteiger partial charge < -0.3 is 14.5 Å². The van der Waals surface area contributed by atoms with Gasteiger partial charge >= 0.3 is 0 Å². The molecule has 0 aromatic heterocycles. The van der Waals surface area contributed by atoms with Gasteiger partial charge in [-0.1, -0.05) is 23.7 Å². The van der Waals surface area contributed by atoms with Gasteiger partial charge in [0.25, 0.3) is 5.91 Å². The van der Waals surface area contributed by atoms with Gasteiger partial charge in [0.05, 0.1) is 6.04 Å². The van der Waals surface area contributed by atoms with Crippen LogP contribution in [0.1, 0.15) is 38.3 Å². The Balaban J connectivity index is 1.79. The van der Waals surface area contributed by atoms with Crippen LogP contribution in [0.3, 0.4) is 0 Å². The molecule has 1 atom stereocenters. The summed E-state index contributed by atoms with van der Waals surface area (Å²) in [5.41, 5.74) is 1.02. The molecule has 0 saturated carbocycles. The fourth-order valence-corrected chi connectivity index (χ4v) is 3.73. The van der Waals surface area contributed by atoms with Crippen LogP contribution >= 0.6 is 11.6 Å². The molecule has 1 fully saturated rings. The number of hydrogen-bond acceptors (Lipinski definition) is 3.